The summed E-state index contributed by atoms with van der Waals surface area (Å²) < 4.78 is 13.4. The number of ether oxygens (including phenoxy) is 2. The van der Waals surface area contributed by atoms with Crippen LogP contribution < -0.4 is 15.0 Å². The fourth-order valence-electron chi connectivity index (χ4n) is 3.77. The molecule has 0 unspecified atom stereocenters. The van der Waals surface area contributed by atoms with Crippen molar-refractivity contribution in [3.8, 4) is 5.75 Å². The molecule has 6 heteroatoms. The van der Waals surface area contributed by atoms with Crippen LogP contribution in [0.25, 0.3) is 0 Å². The number of para-hydroxylation sites is 1. The van der Waals surface area contributed by atoms with Gasteiger partial charge in [0.1, 0.15) is 18.2 Å². The lowest BCUT2D eigenvalue weighted by molar-refractivity contribution is 0.122. The Morgan fingerprint density at radius 2 is 2.04 bits per heavy atom. The van der Waals surface area contributed by atoms with E-state index in [1.165, 1.54) is 16.9 Å². The molecule has 0 spiro atoms. The molecule has 0 saturated carbocycles. The van der Waals surface area contributed by atoms with E-state index in [-0.39, 0.29) is 0 Å². The Hall–Kier alpha value is -2.05. The van der Waals surface area contributed by atoms with Crippen molar-refractivity contribution in [1.29, 1.82) is 0 Å². The Kier molecular flexibility index (Phi) is 4.63. The third kappa shape index (κ3) is 3.37. The molecule has 1 N–H and O–H groups in total. The molecule has 2 aliphatic rings. The van der Waals surface area contributed by atoms with Gasteiger partial charge in [-0.2, -0.15) is 5.10 Å². The zero-order chi connectivity index (χ0) is 17.2. The lowest BCUT2D eigenvalue weighted by Gasteiger charge is -2.30. The predicted molar refractivity (Wildman–Crippen MR) is 97.2 cm³/mol. The van der Waals surface area contributed by atoms with Gasteiger partial charge < -0.3 is 19.7 Å². The van der Waals surface area contributed by atoms with Crippen LogP contribution in [0.4, 0.5) is 5.82 Å². The largest absolute Gasteiger partial charge is 0.492 e. The molecule has 3 heterocycles. The highest BCUT2D eigenvalue weighted by atomic mass is 16.5. The van der Waals surface area contributed by atoms with Crippen LogP contribution in [0, 0.1) is 6.92 Å². The predicted octanol–water partition coefficient (Wildman–Crippen LogP) is 1.66. The number of nitrogens with one attached hydrogen (secondary N) is 1. The molecule has 1 saturated heterocycles. The van der Waals surface area contributed by atoms with Crippen LogP contribution in [0.5, 0.6) is 5.75 Å². The maximum atomic E-state index is 5.90. The molecular weight excluding hydrogens is 316 g/mol. The highest BCUT2D eigenvalue weighted by Gasteiger charge is 2.23. The molecule has 6 nitrogen and oxygen atoms in total. The minimum absolute atomic E-state index is 0.326. The van der Waals surface area contributed by atoms with Crippen molar-refractivity contribution in [2.45, 2.75) is 25.9 Å². The number of benzene rings is 1. The van der Waals surface area contributed by atoms with Crippen molar-refractivity contribution in [2.75, 3.05) is 37.8 Å². The summed E-state index contributed by atoms with van der Waals surface area (Å²) >= 11 is 0. The minimum atomic E-state index is 0.326. The van der Waals surface area contributed by atoms with Crippen molar-refractivity contribution in [3.63, 3.8) is 0 Å². The first kappa shape index (κ1) is 16.4. The Balaban J connectivity index is 1.46. The summed E-state index contributed by atoms with van der Waals surface area (Å²) in [4.78, 5) is 2.38. The van der Waals surface area contributed by atoms with Gasteiger partial charge in [0, 0.05) is 38.3 Å². The monoisotopic (exact) mass is 342 g/mol. The second-order valence-corrected chi connectivity index (χ2v) is 6.81. The van der Waals surface area contributed by atoms with E-state index < -0.39 is 0 Å². The van der Waals surface area contributed by atoms with E-state index in [2.05, 4.69) is 34.4 Å². The molecule has 0 aliphatic carbocycles. The quantitative estimate of drug-likeness (QED) is 0.916. The zero-order valence-electron chi connectivity index (χ0n) is 15.0. The smallest absolute Gasteiger partial charge is 0.131 e. The van der Waals surface area contributed by atoms with Crippen LogP contribution in [0.15, 0.2) is 24.3 Å². The van der Waals surface area contributed by atoms with Crippen LogP contribution in [-0.4, -0.2) is 48.7 Å². The number of aryl methyl sites for hydroxylation is 2. The summed E-state index contributed by atoms with van der Waals surface area (Å²) in [5.74, 6) is 2.23. The second kappa shape index (κ2) is 7.06. The fraction of sp³-hybridized carbons (Fsp3) is 0.526. The highest BCUT2D eigenvalue weighted by molar-refractivity contribution is 5.50. The van der Waals surface area contributed by atoms with E-state index in [0.29, 0.717) is 12.6 Å². The van der Waals surface area contributed by atoms with Gasteiger partial charge in [-0.25, -0.2) is 0 Å². The Labute approximate surface area is 148 Å². The van der Waals surface area contributed by atoms with Gasteiger partial charge in [0.15, 0.2) is 0 Å². The highest BCUT2D eigenvalue weighted by Crippen LogP contribution is 2.26. The molecule has 25 heavy (non-hydrogen) atoms. The maximum Gasteiger partial charge on any atom is 0.131 e. The number of fused-ring (bicyclic) bond motifs is 1. The van der Waals surface area contributed by atoms with Crippen molar-refractivity contribution in [1.82, 2.24) is 15.1 Å². The lowest BCUT2D eigenvalue weighted by atomic mass is 10.0. The Bertz CT molecular complexity index is 737. The molecule has 0 bridgehead atoms. The average Bonchev–Trinajstić information content (AvgIpc) is 2.93. The molecule has 2 aliphatic heterocycles. The van der Waals surface area contributed by atoms with Crippen LogP contribution >= 0.6 is 0 Å². The molecule has 1 aromatic carbocycles. The molecule has 1 fully saturated rings. The molecule has 1 aromatic heterocycles. The molecule has 134 valence electrons. The number of rotatable bonds is 4. The van der Waals surface area contributed by atoms with E-state index in [0.717, 1.165) is 50.7 Å². The molecule has 0 radical (unpaired) electrons. The average molecular weight is 342 g/mol. The van der Waals surface area contributed by atoms with Crippen molar-refractivity contribution in [2.24, 2.45) is 7.05 Å². The van der Waals surface area contributed by atoms with Crippen molar-refractivity contribution in [3.05, 3.63) is 41.1 Å². The van der Waals surface area contributed by atoms with E-state index in [1.807, 2.05) is 23.9 Å². The summed E-state index contributed by atoms with van der Waals surface area (Å²) in [6, 6.07) is 8.63. The number of morpholine rings is 1. The van der Waals surface area contributed by atoms with Gasteiger partial charge in [-0.3, -0.25) is 4.68 Å². The number of nitrogens with zero attached hydrogens (tertiary/aromatic N) is 3. The summed E-state index contributed by atoms with van der Waals surface area (Å²) in [5.41, 5.74) is 3.65. The number of hydrogen-bond acceptors (Lipinski definition) is 5. The van der Waals surface area contributed by atoms with Gasteiger partial charge in [-0.05, 0) is 25.0 Å². The van der Waals surface area contributed by atoms with Gasteiger partial charge in [-0.1, -0.05) is 18.2 Å². The van der Waals surface area contributed by atoms with Crippen LogP contribution in [0.2, 0.25) is 0 Å². The third-order valence-electron chi connectivity index (χ3n) is 5.07. The number of aromatic nitrogens is 2. The first-order valence-corrected chi connectivity index (χ1v) is 9.01. The SMILES string of the molecule is Cc1nn(C)c(N2CCOCC2)c1CN[C@@H]1COc2ccccc2C1. The first-order chi connectivity index (χ1) is 12.2. The molecular formula is C19H26N4O2. The summed E-state index contributed by atoms with van der Waals surface area (Å²) in [7, 11) is 2.03. The second-order valence-electron chi connectivity index (χ2n) is 6.81. The van der Waals surface area contributed by atoms with Crippen LogP contribution in [-0.2, 0) is 24.8 Å². The molecule has 0 amide bonds. The molecule has 4 rings (SSSR count). The first-order valence-electron chi connectivity index (χ1n) is 9.01. The molecule has 1 atom stereocenters. The normalized spacial score (nSPS) is 20.2. The Morgan fingerprint density at radius 1 is 1.24 bits per heavy atom. The minimum Gasteiger partial charge on any atom is -0.492 e. The summed E-state index contributed by atoms with van der Waals surface area (Å²) in [6.07, 6.45) is 1.00. The number of anilines is 1. The van der Waals surface area contributed by atoms with Gasteiger partial charge in [0.05, 0.1) is 18.9 Å². The number of hydrogen-bond donors (Lipinski definition) is 1. The van der Waals surface area contributed by atoms with Crippen molar-refractivity contribution >= 4 is 5.82 Å². The summed E-state index contributed by atoms with van der Waals surface area (Å²) in [6.45, 7) is 7.02. The van der Waals surface area contributed by atoms with Crippen LogP contribution in [0.3, 0.4) is 0 Å². The van der Waals surface area contributed by atoms with E-state index in [1.54, 1.807) is 0 Å². The Morgan fingerprint density at radius 3 is 2.88 bits per heavy atom. The lowest BCUT2D eigenvalue weighted by Crippen LogP contribution is -2.40. The van der Waals surface area contributed by atoms with E-state index in [9.17, 15) is 0 Å². The van der Waals surface area contributed by atoms with Gasteiger partial charge in [-0.15, -0.1) is 0 Å². The van der Waals surface area contributed by atoms with Gasteiger partial charge in [0.25, 0.3) is 0 Å². The topological polar surface area (TPSA) is 51.5 Å². The zero-order valence-corrected chi connectivity index (χ0v) is 15.0. The standard InChI is InChI=1S/C19H26N4O2/c1-14-17(19(22(2)21-14)23-7-9-24-10-8-23)12-20-16-11-15-5-3-4-6-18(15)25-13-16/h3-6,16,20H,7-13H2,1-2H3/t16-/m0/s1. The van der Waals surface area contributed by atoms with E-state index >= 15 is 0 Å². The molecule has 2 aromatic rings. The van der Waals surface area contributed by atoms with E-state index in [4.69, 9.17) is 9.47 Å². The fourth-order valence-corrected chi connectivity index (χ4v) is 3.77. The summed E-state index contributed by atoms with van der Waals surface area (Å²) in [5, 5.41) is 8.33. The van der Waals surface area contributed by atoms with Gasteiger partial charge >= 0.3 is 0 Å². The third-order valence-corrected chi connectivity index (χ3v) is 5.07. The van der Waals surface area contributed by atoms with Gasteiger partial charge in [0.2, 0.25) is 0 Å². The maximum absolute atomic E-state index is 5.90. The van der Waals surface area contributed by atoms with Crippen molar-refractivity contribution < 1.29 is 9.47 Å². The van der Waals surface area contributed by atoms with Crippen LogP contribution in [0.1, 0.15) is 16.8 Å².